The van der Waals surface area contributed by atoms with E-state index in [9.17, 15) is 9.59 Å². The van der Waals surface area contributed by atoms with E-state index in [1.165, 1.54) is 0 Å². The van der Waals surface area contributed by atoms with E-state index in [1.807, 2.05) is 25.1 Å². The molecule has 0 aromatic heterocycles. The van der Waals surface area contributed by atoms with Gasteiger partial charge in [-0.3, -0.25) is 4.79 Å². The zero-order valence-electron chi connectivity index (χ0n) is 15.5. The van der Waals surface area contributed by atoms with Gasteiger partial charge in [-0.15, -0.1) is 0 Å². The number of urea groups is 1. The highest BCUT2D eigenvalue weighted by Gasteiger charge is 2.28. The summed E-state index contributed by atoms with van der Waals surface area (Å²) in [6, 6.07) is 13.1. The first kappa shape index (κ1) is 19.7. The fraction of sp³-hybridized carbons (Fsp3) is 0.333. The molecule has 1 aliphatic heterocycles. The van der Waals surface area contributed by atoms with E-state index in [2.05, 4.69) is 27.9 Å². The van der Waals surface area contributed by atoms with E-state index in [1.54, 1.807) is 36.3 Å². The predicted molar refractivity (Wildman–Crippen MR) is 115 cm³/mol. The van der Waals surface area contributed by atoms with Gasteiger partial charge in [-0.2, -0.15) is 0 Å². The summed E-state index contributed by atoms with van der Waals surface area (Å²) in [5, 5.41) is 2.98. The standard InChI is InChI=1S/C21H23IN2O3/c1-14-13-17(22)5-8-19(14)23-21(26)24-11-9-16(10-12-24)20(25)15-3-6-18(27-2)7-4-15/h3-8,13,16H,9-12H2,1-2H3,(H,23,26). The van der Waals surface area contributed by atoms with Gasteiger partial charge in [0.1, 0.15) is 5.75 Å². The molecule has 0 radical (unpaired) electrons. The Kier molecular flexibility index (Phi) is 6.36. The van der Waals surface area contributed by atoms with Crippen LogP contribution in [0.3, 0.4) is 0 Å². The molecule has 0 bridgehead atoms. The number of amides is 2. The molecule has 0 atom stereocenters. The van der Waals surface area contributed by atoms with Gasteiger partial charge in [0.2, 0.25) is 0 Å². The van der Waals surface area contributed by atoms with E-state index in [0.717, 1.165) is 20.6 Å². The quantitative estimate of drug-likeness (QED) is 0.511. The van der Waals surface area contributed by atoms with E-state index < -0.39 is 0 Å². The van der Waals surface area contributed by atoms with Crippen molar-refractivity contribution in [3.63, 3.8) is 0 Å². The van der Waals surface area contributed by atoms with Gasteiger partial charge in [-0.25, -0.2) is 4.79 Å². The highest BCUT2D eigenvalue weighted by molar-refractivity contribution is 14.1. The van der Waals surface area contributed by atoms with Crippen molar-refractivity contribution in [1.29, 1.82) is 0 Å². The van der Waals surface area contributed by atoms with E-state index in [0.29, 0.717) is 31.5 Å². The number of nitrogens with one attached hydrogen (secondary N) is 1. The van der Waals surface area contributed by atoms with Crippen molar-refractivity contribution in [3.05, 3.63) is 57.2 Å². The Hall–Kier alpha value is -2.09. The van der Waals surface area contributed by atoms with Gasteiger partial charge in [0.05, 0.1) is 7.11 Å². The number of ether oxygens (including phenoxy) is 1. The zero-order chi connectivity index (χ0) is 19.4. The van der Waals surface area contributed by atoms with Crippen LogP contribution in [0.4, 0.5) is 10.5 Å². The molecular weight excluding hydrogens is 455 g/mol. The number of methoxy groups -OCH3 is 1. The minimum Gasteiger partial charge on any atom is -0.497 e. The van der Waals surface area contributed by atoms with Gasteiger partial charge in [0, 0.05) is 33.8 Å². The molecular formula is C21H23IN2O3. The van der Waals surface area contributed by atoms with Crippen LogP contribution < -0.4 is 10.1 Å². The first-order chi connectivity index (χ1) is 13.0. The number of carbonyl (C=O) groups is 2. The number of hydrogen-bond acceptors (Lipinski definition) is 3. The molecule has 142 valence electrons. The third kappa shape index (κ3) is 4.80. The number of carbonyl (C=O) groups excluding carboxylic acids is 2. The fourth-order valence-corrected chi connectivity index (χ4v) is 3.94. The summed E-state index contributed by atoms with van der Waals surface area (Å²) in [5.41, 5.74) is 2.57. The van der Waals surface area contributed by atoms with Crippen LogP contribution in [0, 0.1) is 16.4 Å². The van der Waals surface area contributed by atoms with Gasteiger partial charge in [-0.05, 0) is 90.4 Å². The number of anilines is 1. The van der Waals surface area contributed by atoms with Gasteiger partial charge in [0.25, 0.3) is 0 Å². The monoisotopic (exact) mass is 478 g/mol. The number of Topliss-reactive ketones (excluding diaryl/α,β-unsaturated/α-hetero) is 1. The third-order valence-corrected chi connectivity index (χ3v) is 5.63. The van der Waals surface area contributed by atoms with Gasteiger partial charge in [0.15, 0.2) is 5.78 Å². The van der Waals surface area contributed by atoms with Gasteiger partial charge >= 0.3 is 6.03 Å². The lowest BCUT2D eigenvalue weighted by molar-refractivity contribution is 0.0859. The molecule has 0 spiro atoms. The molecule has 2 aromatic rings. The Morgan fingerprint density at radius 1 is 1.11 bits per heavy atom. The number of rotatable bonds is 4. The van der Waals surface area contributed by atoms with Crippen LogP contribution in [-0.4, -0.2) is 36.9 Å². The number of benzene rings is 2. The van der Waals surface area contributed by atoms with Crippen LogP contribution in [-0.2, 0) is 0 Å². The molecule has 1 saturated heterocycles. The lowest BCUT2D eigenvalue weighted by Gasteiger charge is -2.31. The second kappa shape index (κ2) is 8.73. The number of likely N-dealkylation sites (tertiary alicyclic amines) is 1. The Balaban J connectivity index is 1.56. The predicted octanol–water partition coefficient (Wildman–Crippen LogP) is 4.74. The number of piperidine rings is 1. The maximum Gasteiger partial charge on any atom is 0.321 e. The van der Waals surface area contributed by atoms with Crippen molar-refractivity contribution in [2.45, 2.75) is 19.8 Å². The largest absolute Gasteiger partial charge is 0.497 e. The number of hydrogen-bond donors (Lipinski definition) is 1. The normalized spacial score (nSPS) is 14.7. The van der Waals surface area contributed by atoms with Crippen molar-refractivity contribution in [1.82, 2.24) is 4.90 Å². The topological polar surface area (TPSA) is 58.6 Å². The minimum atomic E-state index is -0.102. The Bertz CT molecular complexity index is 828. The number of aryl methyl sites for hydroxylation is 1. The lowest BCUT2D eigenvalue weighted by atomic mass is 9.89. The van der Waals surface area contributed by atoms with Crippen LogP contribution in [0.25, 0.3) is 0 Å². The summed E-state index contributed by atoms with van der Waals surface area (Å²) in [7, 11) is 1.61. The zero-order valence-corrected chi connectivity index (χ0v) is 17.7. The molecule has 27 heavy (non-hydrogen) atoms. The Labute approximate surface area is 173 Å². The van der Waals surface area contributed by atoms with E-state index in [4.69, 9.17) is 4.74 Å². The summed E-state index contributed by atoms with van der Waals surface area (Å²) in [5.74, 6) is 0.845. The van der Waals surface area contributed by atoms with Crippen molar-refractivity contribution in [2.24, 2.45) is 5.92 Å². The molecule has 2 aromatic carbocycles. The molecule has 1 aliphatic rings. The van der Waals surface area contributed by atoms with Crippen LogP contribution in [0.5, 0.6) is 5.75 Å². The maximum absolute atomic E-state index is 12.7. The smallest absolute Gasteiger partial charge is 0.321 e. The third-order valence-electron chi connectivity index (χ3n) is 4.96. The molecule has 1 heterocycles. The van der Waals surface area contributed by atoms with E-state index >= 15 is 0 Å². The second-order valence-corrected chi connectivity index (χ2v) is 7.99. The summed E-state index contributed by atoms with van der Waals surface area (Å²) in [6.45, 7) is 3.15. The SMILES string of the molecule is COc1ccc(C(=O)C2CCN(C(=O)Nc3ccc(I)cc3C)CC2)cc1. The van der Waals surface area contributed by atoms with Crippen LogP contribution in [0.15, 0.2) is 42.5 Å². The number of halogens is 1. The molecule has 6 heteroatoms. The van der Waals surface area contributed by atoms with Crippen molar-refractivity contribution >= 4 is 40.1 Å². The van der Waals surface area contributed by atoms with Crippen LogP contribution in [0.2, 0.25) is 0 Å². The molecule has 2 amide bonds. The average Bonchev–Trinajstić information content (AvgIpc) is 2.69. The molecule has 0 unspecified atom stereocenters. The molecule has 3 rings (SSSR count). The van der Waals surface area contributed by atoms with Crippen LogP contribution >= 0.6 is 22.6 Å². The van der Waals surface area contributed by atoms with E-state index in [-0.39, 0.29) is 17.7 Å². The van der Waals surface area contributed by atoms with Crippen molar-refractivity contribution in [3.8, 4) is 5.75 Å². The van der Waals surface area contributed by atoms with Gasteiger partial charge < -0.3 is 15.0 Å². The summed E-state index contributed by atoms with van der Waals surface area (Å²) < 4.78 is 6.28. The highest BCUT2D eigenvalue weighted by Crippen LogP contribution is 2.24. The first-order valence-electron chi connectivity index (χ1n) is 8.98. The first-order valence-corrected chi connectivity index (χ1v) is 10.1. The molecule has 0 aliphatic carbocycles. The minimum absolute atomic E-state index is 0.0394. The van der Waals surface area contributed by atoms with Crippen molar-refractivity contribution in [2.75, 3.05) is 25.5 Å². The molecule has 0 saturated carbocycles. The summed E-state index contributed by atoms with van der Waals surface area (Å²) in [6.07, 6.45) is 1.37. The summed E-state index contributed by atoms with van der Waals surface area (Å²) >= 11 is 2.25. The second-order valence-electron chi connectivity index (χ2n) is 6.74. The Morgan fingerprint density at radius 2 is 1.78 bits per heavy atom. The lowest BCUT2D eigenvalue weighted by Crippen LogP contribution is -2.42. The number of ketones is 1. The maximum atomic E-state index is 12.7. The average molecular weight is 478 g/mol. The Morgan fingerprint density at radius 3 is 2.37 bits per heavy atom. The highest BCUT2D eigenvalue weighted by atomic mass is 127. The fourth-order valence-electron chi connectivity index (χ4n) is 3.30. The number of nitrogens with zero attached hydrogens (tertiary/aromatic N) is 1. The van der Waals surface area contributed by atoms with Crippen molar-refractivity contribution < 1.29 is 14.3 Å². The molecule has 5 nitrogen and oxygen atoms in total. The molecule has 1 fully saturated rings. The van der Waals surface area contributed by atoms with Gasteiger partial charge in [-0.1, -0.05) is 0 Å². The van der Waals surface area contributed by atoms with Crippen LogP contribution in [0.1, 0.15) is 28.8 Å². The molecule has 1 N–H and O–H groups in total. The summed E-state index contributed by atoms with van der Waals surface area (Å²) in [4.78, 5) is 27.0.